The van der Waals surface area contributed by atoms with Gasteiger partial charge in [0.25, 0.3) is 0 Å². The highest BCUT2D eigenvalue weighted by Crippen LogP contribution is 2.32. The Hall–Kier alpha value is -2.45. The van der Waals surface area contributed by atoms with Crippen molar-refractivity contribution in [2.24, 2.45) is 0 Å². The van der Waals surface area contributed by atoms with Crippen molar-refractivity contribution in [2.45, 2.75) is 13.1 Å². The van der Waals surface area contributed by atoms with Gasteiger partial charge in [-0.1, -0.05) is 0 Å². The van der Waals surface area contributed by atoms with Crippen LogP contribution in [0.15, 0.2) is 24.4 Å². The van der Waals surface area contributed by atoms with Crippen LogP contribution in [0.2, 0.25) is 0 Å². The van der Waals surface area contributed by atoms with Crippen molar-refractivity contribution < 1.29 is 31.5 Å². The van der Waals surface area contributed by atoms with Crippen LogP contribution in [-0.4, -0.2) is 22.4 Å². The third kappa shape index (κ3) is 3.23. The summed E-state index contributed by atoms with van der Waals surface area (Å²) in [6.45, 7) is 1.30. The number of hydrogen-bond acceptors (Lipinski definition) is 3. The monoisotopic (exact) mass is 320 g/mol. The van der Waals surface area contributed by atoms with E-state index in [2.05, 4.69) is 9.84 Å². The molecule has 22 heavy (non-hydrogen) atoms. The Morgan fingerprint density at radius 1 is 1.23 bits per heavy atom. The summed E-state index contributed by atoms with van der Waals surface area (Å²) in [7, 11) is 0. The Kier molecular flexibility index (Phi) is 4.16. The van der Waals surface area contributed by atoms with Crippen LogP contribution in [0, 0.1) is 11.6 Å². The molecule has 0 saturated heterocycles. The van der Waals surface area contributed by atoms with Crippen LogP contribution < -0.4 is 0 Å². The summed E-state index contributed by atoms with van der Waals surface area (Å²) in [5.74, 6) is -3.20. The van der Waals surface area contributed by atoms with Crippen LogP contribution in [0.5, 0.6) is 0 Å². The predicted molar refractivity (Wildman–Crippen MR) is 64.4 cm³/mol. The lowest BCUT2D eigenvalue weighted by atomic mass is 10.2. The van der Waals surface area contributed by atoms with E-state index in [0.29, 0.717) is 10.7 Å². The molecule has 1 heterocycles. The van der Waals surface area contributed by atoms with Crippen LogP contribution in [0.4, 0.5) is 22.0 Å². The molecule has 4 nitrogen and oxygen atoms in total. The Balaban J connectivity index is 2.57. The van der Waals surface area contributed by atoms with Crippen LogP contribution in [-0.2, 0) is 10.9 Å². The molecule has 0 aliphatic heterocycles. The first-order valence-electron chi connectivity index (χ1n) is 6.03. The molecular formula is C13H9F5N2O2. The molecule has 0 atom stereocenters. The minimum absolute atomic E-state index is 0.129. The van der Waals surface area contributed by atoms with Crippen LogP contribution in [0.3, 0.4) is 0 Å². The van der Waals surface area contributed by atoms with E-state index >= 15 is 0 Å². The van der Waals surface area contributed by atoms with E-state index in [-0.39, 0.29) is 12.3 Å². The van der Waals surface area contributed by atoms with E-state index in [4.69, 9.17) is 0 Å². The number of esters is 1. The number of nitrogens with zero attached hydrogens (tertiary/aromatic N) is 2. The Labute approximate surface area is 121 Å². The molecule has 118 valence electrons. The van der Waals surface area contributed by atoms with Gasteiger partial charge in [0, 0.05) is 12.3 Å². The van der Waals surface area contributed by atoms with Gasteiger partial charge in [-0.2, -0.15) is 18.3 Å². The number of hydrogen-bond donors (Lipinski definition) is 0. The van der Waals surface area contributed by atoms with E-state index in [1.165, 1.54) is 6.92 Å². The predicted octanol–water partition coefficient (Wildman–Crippen LogP) is 3.35. The summed E-state index contributed by atoms with van der Waals surface area (Å²) < 4.78 is 70.1. The van der Waals surface area contributed by atoms with Gasteiger partial charge in [-0.3, -0.25) is 0 Å². The summed E-state index contributed by atoms with van der Waals surface area (Å²) >= 11 is 0. The van der Waals surface area contributed by atoms with Crippen molar-refractivity contribution >= 4 is 5.97 Å². The SMILES string of the molecule is CCOC(=O)c1cn(-c2cc(F)cc(F)c2)nc1C(F)(F)F. The molecule has 0 N–H and O–H groups in total. The highest BCUT2D eigenvalue weighted by atomic mass is 19.4. The topological polar surface area (TPSA) is 44.1 Å². The second kappa shape index (κ2) is 5.74. The van der Waals surface area contributed by atoms with Crippen molar-refractivity contribution in [3.63, 3.8) is 0 Å². The highest BCUT2D eigenvalue weighted by Gasteiger charge is 2.40. The average molecular weight is 320 g/mol. The standard InChI is InChI=1S/C13H9F5N2O2/c1-2-22-12(21)10-6-20(19-11(10)13(16,17)18)9-4-7(14)3-8(15)5-9/h3-6H,2H2,1H3. The molecule has 1 aromatic carbocycles. The molecule has 9 heteroatoms. The van der Waals surface area contributed by atoms with E-state index in [1.807, 2.05) is 0 Å². The van der Waals surface area contributed by atoms with Gasteiger partial charge in [-0.05, 0) is 19.1 Å². The molecule has 2 aromatic rings. The van der Waals surface area contributed by atoms with Gasteiger partial charge in [0.15, 0.2) is 5.69 Å². The van der Waals surface area contributed by atoms with Crippen molar-refractivity contribution in [1.82, 2.24) is 9.78 Å². The summed E-state index contributed by atoms with van der Waals surface area (Å²) in [5, 5.41) is 3.19. The lowest BCUT2D eigenvalue weighted by molar-refractivity contribution is -0.141. The fraction of sp³-hybridized carbons (Fsp3) is 0.231. The molecule has 0 unspecified atom stereocenters. The average Bonchev–Trinajstić information content (AvgIpc) is 2.82. The first kappa shape index (κ1) is 15.9. The van der Waals surface area contributed by atoms with Gasteiger partial charge in [0.1, 0.15) is 17.2 Å². The number of aromatic nitrogens is 2. The van der Waals surface area contributed by atoms with Gasteiger partial charge in [0.05, 0.1) is 12.3 Å². The fourth-order valence-electron chi connectivity index (χ4n) is 1.75. The summed E-state index contributed by atoms with van der Waals surface area (Å²) in [6, 6.07) is 2.13. The summed E-state index contributed by atoms with van der Waals surface area (Å²) in [6.07, 6.45) is -4.20. The highest BCUT2D eigenvalue weighted by molar-refractivity contribution is 5.90. The van der Waals surface area contributed by atoms with Gasteiger partial charge < -0.3 is 4.74 Å². The summed E-state index contributed by atoms with van der Waals surface area (Å²) in [4.78, 5) is 11.6. The minimum Gasteiger partial charge on any atom is -0.462 e. The quantitative estimate of drug-likeness (QED) is 0.643. The van der Waals surface area contributed by atoms with Gasteiger partial charge in [-0.25, -0.2) is 18.3 Å². The second-order valence-corrected chi connectivity index (χ2v) is 4.18. The molecule has 0 aliphatic rings. The summed E-state index contributed by atoms with van der Waals surface area (Å²) in [5.41, 5.74) is -2.62. The first-order chi connectivity index (χ1) is 10.2. The van der Waals surface area contributed by atoms with Crippen molar-refractivity contribution in [2.75, 3.05) is 6.61 Å². The smallest absolute Gasteiger partial charge is 0.436 e. The lowest BCUT2D eigenvalue weighted by Crippen LogP contribution is -2.14. The number of benzene rings is 1. The fourth-order valence-corrected chi connectivity index (χ4v) is 1.75. The zero-order valence-electron chi connectivity index (χ0n) is 11.1. The van der Waals surface area contributed by atoms with E-state index < -0.39 is 35.0 Å². The Morgan fingerprint density at radius 2 is 1.82 bits per heavy atom. The molecule has 0 radical (unpaired) electrons. The molecule has 0 bridgehead atoms. The largest absolute Gasteiger partial charge is 0.462 e. The zero-order valence-corrected chi connectivity index (χ0v) is 11.1. The lowest BCUT2D eigenvalue weighted by Gasteiger charge is -2.05. The van der Waals surface area contributed by atoms with Crippen LogP contribution in [0.1, 0.15) is 23.0 Å². The maximum Gasteiger partial charge on any atom is 0.436 e. The van der Waals surface area contributed by atoms with Crippen molar-refractivity contribution in [3.8, 4) is 5.69 Å². The number of carbonyl (C=O) groups excluding carboxylic acids is 1. The normalized spacial score (nSPS) is 11.5. The maximum atomic E-state index is 13.1. The van der Waals surface area contributed by atoms with E-state index in [9.17, 15) is 26.7 Å². The van der Waals surface area contributed by atoms with Crippen molar-refractivity contribution in [3.05, 3.63) is 47.3 Å². The van der Waals surface area contributed by atoms with Crippen molar-refractivity contribution in [1.29, 1.82) is 0 Å². The number of alkyl halides is 3. The molecule has 0 aliphatic carbocycles. The number of rotatable bonds is 3. The minimum atomic E-state index is -4.92. The molecule has 0 amide bonds. The molecular weight excluding hydrogens is 311 g/mol. The zero-order chi connectivity index (χ0) is 16.5. The molecule has 0 fully saturated rings. The number of halogens is 5. The van der Waals surface area contributed by atoms with Gasteiger partial charge >= 0.3 is 12.1 Å². The van der Waals surface area contributed by atoms with Gasteiger partial charge in [0.2, 0.25) is 0 Å². The number of carbonyl (C=O) groups is 1. The third-order valence-corrected chi connectivity index (χ3v) is 2.59. The van der Waals surface area contributed by atoms with E-state index in [0.717, 1.165) is 18.3 Å². The van der Waals surface area contributed by atoms with Crippen LogP contribution in [0.25, 0.3) is 5.69 Å². The molecule has 2 rings (SSSR count). The molecule has 1 aromatic heterocycles. The molecule has 0 saturated carbocycles. The first-order valence-corrected chi connectivity index (χ1v) is 6.03. The number of ether oxygens (including phenoxy) is 1. The van der Waals surface area contributed by atoms with E-state index in [1.54, 1.807) is 0 Å². The Morgan fingerprint density at radius 3 is 2.32 bits per heavy atom. The second-order valence-electron chi connectivity index (χ2n) is 4.18. The third-order valence-electron chi connectivity index (χ3n) is 2.59. The van der Waals surface area contributed by atoms with Gasteiger partial charge in [-0.15, -0.1) is 0 Å². The maximum absolute atomic E-state index is 13.1. The Bertz CT molecular complexity index is 689. The van der Waals surface area contributed by atoms with Crippen LogP contribution >= 0.6 is 0 Å². The molecule has 0 spiro atoms.